The molecule has 0 atom stereocenters. The maximum Gasteiger partial charge on any atom is 0.307 e. The van der Waals surface area contributed by atoms with E-state index in [0.717, 1.165) is 19.4 Å². The van der Waals surface area contributed by atoms with Crippen molar-refractivity contribution in [2.45, 2.75) is 91.4 Å². The van der Waals surface area contributed by atoms with E-state index in [2.05, 4.69) is 6.92 Å². The quantitative estimate of drug-likeness (QED) is 0.323. The van der Waals surface area contributed by atoms with Crippen molar-refractivity contribution in [2.75, 3.05) is 19.7 Å². The third-order valence-corrected chi connectivity index (χ3v) is 4.12. The van der Waals surface area contributed by atoms with Crippen LogP contribution in [-0.2, 0) is 14.3 Å². The molecule has 136 valence electrons. The zero-order valence-corrected chi connectivity index (χ0v) is 15.6. The first-order valence-electron chi connectivity index (χ1n) is 9.52. The van der Waals surface area contributed by atoms with Gasteiger partial charge in [0, 0.05) is 20.0 Å². The molecule has 0 rings (SSSR count). The Hall–Kier alpha value is -1.06. The van der Waals surface area contributed by atoms with Gasteiger partial charge >= 0.3 is 5.97 Å². The second-order valence-corrected chi connectivity index (χ2v) is 6.24. The summed E-state index contributed by atoms with van der Waals surface area (Å²) in [5, 5.41) is 0. The Morgan fingerprint density at radius 3 is 1.78 bits per heavy atom. The first-order valence-corrected chi connectivity index (χ1v) is 9.52. The smallest absolute Gasteiger partial charge is 0.307 e. The number of hydrogen-bond donors (Lipinski definition) is 0. The summed E-state index contributed by atoms with van der Waals surface area (Å²) in [5.74, 6) is -0.174. The van der Waals surface area contributed by atoms with Gasteiger partial charge in [0.15, 0.2) is 0 Å². The molecule has 0 aliphatic rings. The second-order valence-electron chi connectivity index (χ2n) is 6.24. The Bertz CT molecular complexity index is 305. The summed E-state index contributed by atoms with van der Waals surface area (Å²) >= 11 is 0. The molecule has 0 unspecified atom stereocenters. The highest BCUT2D eigenvalue weighted by Crippen LogP contribution is 2.11. The van der Waals surface area contributed by atoms with Crippen LogP contribution in [0.5, 0.6) is 0 Å². The van der Waals surface area contributed by atoms with Crippen LogP contribution in [0.2, 0.25) is 0 Å². The molecule has 0 aromatic carbocycles. The van der Waals surface area contributed by atoms with Gasteiger partial charge in [0.2, 0.25) is 5.91 Å². The van der Waals surface area contributed by atoms with E-state index in [1.165, 1.54) is 51.4 Å². The van der Waals surface area contributed by atoms with Crippen molar-refractivity contribution in [1.29, 1.82) is 0 Å². The predicted octanol–water partition coefficient (Wildman–Crippen LogP) is 4.71. The highest BCUT2D eigenvalue weighted by molar-refractivity contribution is 5.74. The van der Waals surface area contributed by atoms with Crippen LogP contribution >= 0.6 is 0 Å². The normalized spacial score (nSPS) is 10.6. The molecule has 0 aliphatic carbocycles. The highest BCUT2D eigenvalue weighted by atomic mass is 16.5. The molecular formula is C19H37NO3. The summed E-state index contributed by atoms with van der Waals surface area (Å²) < 4.78 is 4.90. The third kappa shape index (κ3) is 14.3. The SMILES string of the molecule is CCCCCCCCCCCCN(CCC(=O)OCC)C(C)=O. The van der Waals surface area contributed by atoms with Crippen molar-refractivity contribution >= 4 is 11.9 Å². The Morgan fingerprint density at radius 2 is 1.30 bits per heavy atom. The fraction of sp³-hybridized carbons (Fsp3) is 0.895. The number of carbonyl (C=O) groups excluding carboxylic acids is 2. The van der Waals surface area contributed by atoms with Crippen LogP contribution in [0.3, 0.4) is 0 Å². The number of rotatable bonds is 15. The third-order valence-electron chi connectivity index (χ3n) is 4.12. The number of esters is 1. The van der Waals surface area contributed by atoms with Gasteiger partial charge in [0.1, 0.15) is 0 Å². The van der Waals surface area contributed by atoms with E-state index >= 15 is 0 Å². The molecule has 0 saturated heterocycles. The summed E-state index contributed by atoms with van der Waals surface area (Å²) in [4.78, 5) is 24.7. The van der Waals surface area contributed by atoms with E-state index in [9.17, 15) is 9.59 Å². The lowest BCUT2D eigenvalue weighted by Gasteiger charge is -2.20. The van der Waals surface area contributed by atoms with E-state index in [0.29, 0.717) is 19.6 Å². The van der Waals surface area contributed by atoms with Gasteiger partial charge in [0.05, 0.1) is 13.0 Å². The fourth-order valence-corrected chi connectivity index (χ4v) is 2.68. The molecule has 0 heterocycles. The van der Waals surface area contributed by atoms with Gasteiger partial charge in [-0.2, -0.15) is 0 Å². The average molecular weight is 328 g/mol. The molecule has 0 N–H and O–H groups in total. The molecule has 0 aromatic heterocycles. The first-order chi connectivity index (χ1) is 11.1. The van der Waals surface area contributed by atoms with Crippen LogP contribution in [0.4, 0.5) is 0 Å². The van der Waals surface area contributed by atoms with Crippen molar-refractivity contribution < 1.29 is 14.3 Å². The van der Waals surface area contributed by atoms with Crippen molar-refractivity contribution in [3.05, 3.63) is 0 Å². The molecule has 0 radical (unpaired) electrons. The molecule has 0 bridgehead atoms. The van der Waals surface area contributed by atoms with Gasteiger partial charge in [-0.15, -0.1) is 0 Å². The van der Waals surface area contributed by atoms with Crippen molar-refractivity contribution in [2.24, 2.45) is 0 Å². The highest BCUT2D eigenvalue weighted by Gasteiger charge is 2.11. The predicted molar refractivity (Wildman–Crippen MR) is 95.3 cm³/mol. The second kappa shape index (κ2) is 15.8. The van der Waals surface area contributed by atoms with Gasteiger partial charge in [-0.05, 0) is 13.3 Å². The molecule has 4 nitrogen and oxygen atoms in total. The van der Waals surface area contributed by atoms with E-state index in [-0.39, 0.29) is 11.9 Å². The summed E-state index contributed by atoms with van der Waals surface area (Å²) in [7, 11) is 0. The number of nitrogens with zero attached hydrogens (tertiary/aromatic N) is 1. The van der Waals surface area contributed by atoms with Crippen LogP contribution in [0.25, 0.3) is 0 Å². The minimum Gasteiger partial charge on any atom is -0.466 e. The van der Waals surface area contributed by atoms with E-state index < -0.39 is 0 Å². The lowest BCUT2D eigenvalue weighted by atomic mass is 10.1. The molecular weight excluding hydrogens is 290 g/mol. The lowest BCUT2D eigenvalue weighted by molar-refractivity contribution is -0.143. The molecule has 0 fully saturated rings. The number of hydrogen-bond acceptors (Lipinski definition) is 3. The molecule has 0 spiro atoms. The summed E-state index contributed by atoms with van der Waals surface area (Å²) in [6.07, 6.45) is 13.2. The monoisotopic (exact) mass is 327 g/mol. The molecule has 23 heavy (non-hydrogen) atoms. The van der Waals surface area contributed by atoms with E-state index in [1.807, 2.05) is 0 Å². The van der Waals surface area contributed by atoms with Crippen LogP contribution in [0.1, 0.15) is 91.4 Å². The van der Waals surface area contributed by atoms with Crippen LogP contribution in [0.15, 0.2) is 0 Å². The Morgan fingerprint density at radius 1 is 0.783 bits per heavy atom. The number of unbranched alkanes of at least 4 members (excludes halogenated alkanes) is 9. The summed E-state index contributed by atoms with van der Waals surface area (Å²) in [6, 6.07) is 0. The summed E-state index contributed by atoms with van der Waals surface area (Å²) in [5.41, 5.74) is 0. The Balaban J connectivity index is 3.57. The van der Waals surface area contributed by atoms with Crippen molar-refractivity contribution in [3.8, 4) is 0 Å². The van der Waals surface area contributed by atoms with E-state index in [4.69, 9.17) is 4.74 Å². The van der Waals surface area contributed by atoms with Gasteiger partial charge in [-0.25, -0.2) is 0 Å². The topological polar surface area (TPSA) is 46.6 Å². The van der Waals surface area contributed by atoms with Crippen LogP contribution < -0.4 is 0 Å². The van der Waals surface area contributed by atoms with Crippen molar-refractivity contribution in [1.82, 2.24) is 4.90 Å². The minimum absolute atomic E-state index is 0.0465. The number of carbonyl (C=O) groups is 2. The maximum absolute atomic E-state index is 11.6. The molecule has 0 aromatic rings. The van der Waals surface area contributed by atoms with Crippen LogP contribution in [-0.4, -0.2) is 36.5 Å². The minimum atomic E-state index is -0.221. The molecule has 1 amide bonds. The van der Waals surface area contributed by atoms with Crippen LogP contribution in [0, 0.1) is 0 Å². The molecule has 0 saturated carbocycles. The largest absolute Gasteiger partial charge is 0.466 e. The zero-order valence-electron chi connectivity index (χ0n) is 15.6. The fourth-order valence-electron chi connectivity index (χ4n) is 2.68. The molecule has 0 aliphatic heterocycles. The van der Waals surface area contributed by atoms with Gasteiger partial charge in [-0.1, -0.05) is 64.7 Å². The van der Waals surface area contributed by atoms with Gasteiger partial charge in [0.25, 0.3) is 0 Å². The van der Waals surface area contributed by atoms with Gasteiger partial charge < -0.3 is 9.64 Å². The number of amides is 1. The first kappa shape index (κ1) is 21.9. The van der Waals surface area contributed by atoms with E-state index in [1.54, 1.807) is 18.7 Å². The average Bonchev–Trinajstić information content (AvgIpc) is 2.51. The Labute approximate surface area is 143 Å². The Kier molecular flexibility index (Phi) is 15.1. The van der Waals surface area contributed by atoms with Gasteiger partial charge in [-0.3, -0.25) is 9.59 Å². The summed E-state index contributed by atoms with van der Waals surface area (Å²) in [6.45, 7) is 7.25. The zero-order chi connectivity index (χ0) is 17.3. The number of ether oxygens (including phenoxy) is 1. The lowest BCUT2D eigenvalue weighted by Crippen LogP contribution is -2.32. The maximum atomic E-state index is 11.6. The standard InChI is InChI=1S/C19H37NO3/c1-4-6-7-8-9-10-11-12-13-14-16-20(18(3)21)17-15-19(22)23-5-2/h4-17H2,1-3H3. The molecule has 4 heteroatoms. The van der Waals surface area contributed by atoms with Crippen molar-refractivity contribution in [3.63, 3.8) is 0 Å².